The average Bonchev–Trinajstić information content (AvgIpc) is 2.84. The molecule has 0 amide bonds. The van der Waals surface area contributed by atoms with Crippen molar-refractivity contribution < 1.29 is 30.7 Å². The Morgan fingerprint density at radius 3 is 1.55 bits per heavy atom. The molecular formula is C27H24IO2S-. The summed E-state index contributed by atoms with van der Waals surface area (Å²) in [5.74, 6) is -0.910. The Balaban J connectivity index is 1.48. The second-order valence-corrected chi connectivity index (χ2v) is 11.0. The van der Waals surface area contributed by atoms with Crippen LogP contribution in [0.3, 0.4) is 0 Å². The van der Waals surface area contributed by atoms with Crippen LogP contribution in [0.5, 0.6) is 0 Å². The van der Waals surface area contributed by atoms with Gasteiger partial charge in [0.05, 0.1) is 0 Å². The molecule has 158 valence electrons. The predicted molar refractivity (Wildman–Crippen MR) is 122 cm³/mol. The molecule has 4 aromatic rings. The van der Waals surface area contributed by atoms with E-state index in [1.807, 2.05) is 30.3 Å². The molecule has 4 heteroatoms. The van der Waals surface area contributed by atoms with Gasteiger partial charge < -0.3 is 0 Å². The van der Waals surface area contributed by atoms with Crippen LogP contribution in [0.2, 0.25) is 0 Å². The molecule has 0 spiro atoms. The summed E-state index contributed by atoms with van der Waals surface area (Å²) in [6.45, 7) is 0. The fourth-order valence-electron chi connectivity index (χ4n) is 3.43. The van der Waals surface area contributed by atoms with Crippen LogP contribution in [0.1, 0.15) is 11.1 Å². The van der Waals surface area contributed by atoms with Gasteiger partial charge in [-0.15, -0.1) is 0 Å². The van der Waals surface area contributed by atoms with Gasteiger partial charge in [0, 0.05) is 0 Å². The normalized spacial score (nSPS) is 11.5. The Morgan fingerprint density at radius 1 is 0.548 bits per heavy atom. The van der Waals surface area contributed by atoms with Crippen LogP contribution in [0, 0.1) is 7.14 Å². The van der Waals surface area contributed by atoms with E-state index in [0.29, 0.717) is 0 Å². The molecule has 0 unspecified atom stereocenters. The summed E-state index contributed by atoms with van der Waals surface area (Å²) < 4.78 is 14.6. The van der Waals surface area contributed by atoms with E-state index >= 15 is 0 Å². The summed E-state index contributed by atoms with van der Waals surface area (Å²) in [5.41, 5.74) is 1.94. The van der Waals surface area contributed by atoms with E-state index in [-0.39, 0.29) is 21.2 Å². The number of benzene rings is 4. The molecule has 0 N–H and O–H groups in total. The van der Waals surface area contributed by atoms with Gasteiger partial charge >= 0.3 is 182 Å². The van der Waals surface area contributed by atoms with E-state index in [9.17, 15) is 0 Å². The summed E-state index contributed by atoms with van der Waals surface area (Å²) in [6, 6.07) is 38.1. The molecule has 0 atom stereocenters. The first-order valence-electron chi connectivity index (χ1n) is 9.98. The van der Waals surface area contributed by atoms with Gasteiger partial charge in [-0.3, -0.25) is 0 Å². The zero-order valence-corrected chi connectivity index (χ0v) is 20.5. The van der Waals surface area contributed by atoms with Crippen molar-refractivity contribution in [3.8, 4) is 0 Å². The van der Waals surface area contributed by atoms with Crippen LogP contribution < -0.4 is 21.2 Å². The predicted octanol–water partition coefficient (Wildman–Crippen LogP) is 3.46. The SMILES string of the molecule is COC(OC)(c1ccccc1)c1ccc(Sc2ccc([I-]c3ccccc3)cc2)cc1. The molecule has 0 aliphatic rings. The van der Waals surface area contributed by atoms with Crippen LogP contribution in [0.4, 0.5) is 0 Å². The van der Waals surface area contributed by atoms with E-state index in [1.165, 1.54) is 16.9 Å². The zero-order valence-electron chi connectivity index (χ0n) is 17.5. The third kappa shape index (κ3) is 5.21. The van der Waals surface area contributed by atoms with Crippen molar-refractivity contribution in [2.75, 3.05) is 14.2 Å². The van der Waals surface area contributed by atoms with Crippen LogP contribution in [0.15, 0.2) is 119 Å². The Kier molecular flexibility index (Phi) is 7.45. The molecule has 2 nitrogen and oxygen atoms in total. The minimum atomic E-state index is -0.910. The molecule has 0 heterocycles. The van der Waals surface area contributed by atoms with Crippen molar-refractivity contribution in [2.24, 2.45) is 0 Å². The second-order valence-electron chi connectivity index (χ2n) is 6.86. The second kappa shape index (κ2) is 10.5. The molecule has 0 aliphatic carbocycles. The third-order valence-electron chi connectivity index (χ3n) is 4.96. The monoisotopic (exact) mass is 539 g/mol. The number of ether oxygens (including phenoxy) is 2. The first-order chi connectivity index (χ1) is 15.2. The van der Waals surface area contributed by atoms with Crippen molar-refractivity contribution in [1.29, 1.82) is 0 Å². The topological polar surface area (TPSA) is 18.5 Å². The Morgan fingerprint density at radius 2 is 1.00 bits per heavy atom. The van der Waals surface area contributed by atoms with E-state index in [0.717, 1.165) is 11.1 Å². The van der Waals surface area contributed by atoms with Crippen molar-refractivity contribution in [3.05, 3.63) is 127 Å². The molecule has 4 rings (SSSR count). The van der Waals surface area contributed by atoms with Crippen LogP contribution in [0.25, 0.3) is 0 Å². The van der Waals surface area contributed by atoms with E-state index < -0.39 is 5.79 Å². The van der Waals surface area contributed by atoms with Crippen molar-refractivity contribution >= 4 is 11.8 Å². The van der Waals surface area contributed by atoms with Crippen LogP contribution in [-0.4, -0.2) is 14.2 Å². The molecule has 4 aromatic carbocycles. The van der Waals surface area contributed by atoms with Crippen molar-refractivity contribution in [2.45, 2.75) is 15.6 Å². The molecular weight excluding hydrogens is 515 g/mol. The molecule has 0 fully saturated rings. The summed E-state index contributed by atoms with van der Waals surface area (Å²) in [5, 5.41) is 0. The minimum absolute atomic E-state index is 0.126. The van der Waals surface area contributed by atoms with Gasteiger partial charge in [-0.25, -0.2) is 0 Å². The Hall–Kier alpha value is -2.12. The standard InChI is InChI=1S/C27H24IO2S/c1-29-27(30-2,21-9-5-3-6-10-21)22-13-17-25(18-14-22)31-26-19-15-24(16-20-26)28-23-11-7-4-8-12-23/h3-20H,1-2H3/q-1. The van der Waals surface area contributed by atoms with Crippen LogP contribution >= 0.6 is 11.8 Å². The molecule has 0 aromatic heterocycles. The summed E-state index contributed by atoms with van der Waals surface area (Å²) >= 11 is 1.64. The molecule has 0 bridgehead atoms. The Bertz CT molecular complexity index is 1080. The average molecular weight is 539 g/mol. The van der Waals surface area contributed by atoms with Gasteiger partial charge in [0.15, 0.2) is 0 Å². The van der Waals surface area contributed by atoms with Crippen LogP contribution in [-0.2, 0) is 15.3 Å². The molecule has 0 aliphatic heterocycles. The van der Waals surface area contributed by atoms with Crippen molar-refractivity contribution in [1.82, 2.24) is 0 Å². The number of halogens is 1. The van der Waals surface area contributed by atoms with E-state index in [1.54, 1.807) is 26.0 Å². The maximum absolute atomic E-state index is 5.85. The fraction of sp³-hybridized carbons (Fsp3) is 0.111. The van der Waals surface area contributed by atoms with Gasteiger partial charge in [-0.05, 0) is 0 Å². The van der Waals surface area contributed by atoms with Gasteiger partial charge in [0.1, 0.15) is 0 Å². The molecule has 0 saturated carbocycles. The quantitative estimate of drug-likeness (QED) is 0.253. The third-order valence-corrected chi connectivity index (χ3v) is 8.66. The number of rotatable bonds is 8. The van der Waals surface area contributed by atoms with Gasteiger partial charge in [0.25, 0.3) is 0 Å². The number of hydrogen-bond donors (Lipinski definition) is 0. The first-order valence-corrected chi connectivity index (χ1v) is 12.9. The van der Waals surface area contributed by atoms with Crippen molar-refractivity contribution in [3.63, 3.8) is 0 Å². The Labute approximate surface area is 198 Å². The summed E-state index contributed by atoms with van der Waals surface area (Å²) in [7, 11) is 3.36. The van der Waals surface area contributed by atoms with Gasteiger partial charge in [-0.1, -0.05) is 18.2 Å². The fourth-order valence-corrected chi connectivity index (χ4v) is 6.46. The zero-order chi connectivity index (χ0) is 21.5. The van der Waals surface area contributed by atoms with Gasteiger partial charge in [0.2, 0.25) is 0 Å². The number of hydrogen-bond acceptors (Lipinski definition) is 3. The molecule has 0 saturated heterocycles. The summed E-state index contributed by atoms with van der Waals surface area (Å²) in [4.78, 5) is 2.42. The maximum atomic E-state index is 5.85. The summed E-state index contributed by atoms with van der Waals surface area (Å²) in [6.07, 6.45) is 0. The number of methoxy groups -OCH3 is 2. The first kappa shape index (κ1) is 22.1. The van der Waals surface area contributed by atoms with E-state index in [2.05, 4.69) is 78.9 Å². The van der Waals surface area contributed by atoms with E-state index in [4.69, 9.17) is 9.47 Å². The van der Waals surface area contributed by atoms with Gasteiger partial charge in [-0.2, -0.15) is 0 Å². The molecule has 31 heavy (non-hydrogen) atoms. The molecule has 0 radical (unpaired) electrons.